The van der Waals surface area contributed by atoms with E-state index in [0.29, 0.717) is 32.5 Å². The predicted molar refractivity (Wildman–Crippen MR) is 221 cm³/mol. The van der Waals surface area contributed by atoms with Crippen LogP contribution >= 0.6 is 0 Å². The van der Waals surface area contributed by atoms with Crippen molar-refractivity contribution in [2.45, 2.75) is 189 Å². The summed E-state index contributed by atoms with van der Waals surface area (Å²) in [5, 5.41) is -0.0754. The second-order valence-corrected chi connectivity index (χ2v) is 22.2. The summed E-state index contributed by atoms with van der Waals surface area (Å²) >= 11 is 0. The molecular formula is C44H76O11Si. The summed E-state index contributed by atoms with van der Waals surface area (Å²) in [6.45, 7) is 30.9. The van der Waals surface area contributed by atoms with Crippen molar-refractivity contribution in [1.82, 2.24) is 0 Å². The molecule has 12 heteroatoms. The van der Waals surface area contributed by atoms with E-state index in [9.17, 15) is 14.4 Å². The zero-order valence-corrected chi connectivity index (χ0v) is 38.3. The fourth-order valence-electron chi connectivity index (χ4n) is 6.98. The molecule has 0 aromatic carbocycles. The fraction of sp³-hybridized carbons (Fsp3) is 0.795. The molecule has 322 valence electrons. The van der Waals surface area contributed by atoms with Crippen molar-refractivity contribution in [2.75, 3.05) is 19.8 Å². The topological polar surface area (TPSA) is 128 Å². The maximum atomic E-state index is 13.8. The van der Waals surface area contributed by atoms with Gasteiger partial charge in [0.2, 0.25) is 0 Å². The smallest absolute Gasteiger partial charge is 0.332 e. The van der Waals surface area contributed by atoms with Gasteiger partial charge in [0.25, 0.3) is 0 Å². The first kappa shape index (κ1) is 49.8. The molecule has 2 heterocycles. The average Bonchev–Trinajstić information content (AvgIpc) is 3.86. The van der Waals surface area contributed by atoms with Crippen molar-refractivity contribution in [2.24, 2.45) is 17.8 Å². The minimum Gasteiger partial charge on any atom is -0.460 e. The summed E-state index contributed by atoms with van der Waals surface area (Å²) in [5.74, 6) is -1.07. The molecule has 1 saturated heterocycles. The number of allylic oxidation sites excluding steroid dienone is 3. The summed E-state index contributed by atoms with van der Waals surface area (Å²) < 4.78 is 48.3. The number of esters is 3. The third kappa shape index (κ3) is 16.1. The van der Waals surface area contributed by atoms with E-state index in [1.165, 1.54) is 6.92 Å². The number of carbonyl (C=O) groups is 3. The lowest BCUT2D eigenvalue weighted by Crippen LogP contribution is -2.48. The number of ether oxygens (including phenoxy) is 7. The van der Waals surface area contributed by atoms with Crippen LogP contribution in [0.25, 0.3) is 0 Å². The van der Waals surface area contributed by atoms with Crippen molar-refractivity contribution in [1.29, 1.82) is 0 Å². The summed E-state index contributed by atoms with van der Waals surface area (Å²) in [6, 6.07) is 0. The first-order valence-corrected chi connectivity index (χ1v) is 23.8. The van der Waals surface area contributed by atoms with Crippen LogP contribution in [0.1, 0.15) is 122 Å². The van der Waals surface area contributed by atoms with Crippen LogP contribution < -0.4 is 0 Å². The third-order valence-corrected chi connectivity index (χ3v) is 15.9. The van der Waals surface area contributed by atoms with Gasteiger partial charge in [-0.05, 0) is 96.0 Å². The van der Waals surface area contributed by atoms with Crippen molar-refractivity contribution in [3.8, 4) is 0 Å². The van der Waals surface area contributed by atoms with Crippen LogP contribution in [0.4, 0.5) is 0 Å². The summed E-state index contributed by atoms with van der Waals surface area (Å²) in [6.07, 6.45) is 10.1. The summed E-state index contributed by atoms with van der Waals surface area (Å²) in [7, 11) is -2.29. The zero-order chi connectivity index (χ0) is 42.4. The van der Waals surface area contributed by atoms with Crippen LogP contribution in [-0.4, -0.2) is 94.6 Å². The molecule has 0 saturated carbocycles. The molecule has 2 rings (SSSR count). The first-order valence-electron chi connectivity index (χ1n) is 20.9. The minimum absolute atomic E-state index is 0.0335. The number of hydrogen-bond donors (Lipinski definition) is 0. The molecule has 0 aliphatic carbocycles. The van der Waals surface area contributed by atoms with Crippen LogP contribution in [0.15, 0.2) is 36.0 Å². The van der Waals surface area contributed by atoms with Gasteiger partial charge in [0.1, 0.15) is 30.5 Å². The van der Waals surface area contributed by atoms with Crippen LogP contribution in [-0.2, 0) is 52.0 Å². The van der Waals surface area contributed by atoms with Gasteiger partial charge in [0.15, 0.2) is 14.6 Å². The largest absolute Gasteiger partial charge is 0.460 e. The number of cyclic esters (lactones) is 1. The Balaban J connectivity index is 2.33. The molecular weight excluding hydrogens is 733 g/mol. The Labute approximate surface area is 339 Å². The van der Waals surface area contributed by atoms with Crippen molar-refractivity contribution in [3.05, 3.63) is 36.0 Å². The molecule has 0 amide bonds. The maximum absolute atomic E-state index is 13.8. The molecule has 0 aromatic rings. The van der Waals surface area contributed by atoms with Crippen molar-refractivity contribution >= 4 is 26.2 Å². The van der Waals surface area contributed by atoms with Gasteiger partial charge in [-0.1, -0.05) is 72.8 Å². The van der Waals surface area contributed by atoms with E-state index in [1.807, 2.05) is 72.8 Å². The molecule has 0 bridgehead atoms. The van der Waals surface area contributed by atoms with E-state index in [2.05, 4.69) is 53.8 Å². The Morgan fingerprint density at radius 1 is 1.07 bits per heavy atom. The monoisotopic (exact) mass is 809 g/mol. The number of carbonyl (C=O) groups excluding carboxylic acids is 3. The SMILES string of the molecule is CCOCC(=O)OC(CC)C(C)C1OC1CC(C)/C=C/C=C(\C)C1OC(=O)CC(O[Si](C)(C)C(C)(C)C)CCC(C)(OC(C)OCC)C(OC(C)=O)/C=C/C1C. The standard InChI is InChI=1S/C44H76O11Si/c1-16-36(51-40(47)28-48-17-2)32(7)42-37(52-42)26-29(4)20-19-21-30(5)41-31(6)22-23-38(50-33(8)45)44(13,54-34(9)49-18-3)25-24-35(27-39(46)53-41)55-56(14,15)43(10,11)12/h19-23,29,31-32,34-38,41-42H,16-18,24-28H2,1-15H3/b20-19+,23-22+,30-21+. The minimum atomic E-state index is -2.29. The highest BCUT2D eigenvalue weighted by Gasteiger charge is 2.47. The zero-order valence-electron chi connectivity index (χ0n) is 37.3. The van der Waals surface area contributed by atoms with Gasteiger partial charge in [0.05, 0.1) is 24.7 Å². The molecule has 1 fully saturated rings. The van der Waals surface area contributed by atoms with E-state index >= 15 is 0 Å². The Bertz CT molecular complexity index is 1340. The molecule has 11 nitrogen and oxygen atoms in total. The van der Waals surface area contributed by atoms with Gasteiger partial charge < -0.3 is 37.6 Å². The Kier molecular flexibility index (Phi) is 20.2. The Morgan fingerprint density at radius 3 is 2.34 bits per heavy atom. The number of hydrogen-bond acceptors (Lipinski definition) is 11. The van der Waals surface area contributed by atoms with Gasteiger partial charge >= 0.3 is 17.9 Å². The fourth-order valence-corrected chi connectivity index (χ4v) is 8.37. The van der Waals surface area contributed by atoms with Crippen LogP contribution in [0.3, 0.4) is 0 Å². The summed E-state index contributed by atoms with van der Waals surface area (Å²) in [4.78, 5) is 38.4. The third-order valence-electron chi connectivity index (χ3n) is 11.4. The Morgan fingerprint density at radius 2 is 1.75 bits per heavy atom. The molecule has 11 unspecified atom stereocenters. The molecule has 0 N–H and O–H groups in total. The lowest BCUT2D eigenvalue weighted by atomic mass is 9.88. The highest BCUT2D eigenvalue weighted by atomic mass is 28.4. The second-order valence-electron chi connectivity index (χ2n) is 17.5. The Hall–Kier alpha value is -2.35. The van der Waals surface area contributed by atoms with E-state index in [1.54, 1.807) is 0 Å². The highest BCUT2D eigenvalue weighted by molar-refractivity contribution is 6.74. The predicted octanol–water partition coefficient (Wildman–Crippen LogP) is 9.04. The molecule has 0 aromatic heterocycles. The molecule has 2 aliphatic rings. The van der Waals surface area contributed by atoms with Crippen LogP contribution in [0.5, 0.6) is 0 Å². The molecule has 0 radical (unpaired) electrons. The lowest BCUT2D eigenvalue weighted by molar-refractivity contribution is -0.227. The van der Waals surface area contributed by atoms with E-state index in [0.717, 1.165) is 12.0 Å². The number of rotatable bonds is 19. The molecule has 0 spiro atoms. The van der Waals surface area contributed by atoms with Gasteiger partial charge in [-0.2, -0.15) is 0 Å². The van der Waals surface area contributed by atoms with Gasteiger partial charge in [0, 0.05) is 32.0 Å². The van der Waals surface area contributed by atoms with E-state index in [4.69, 9.17) is 37.6 Å². The van der Waals surface area contributed by atoms with E-state index in [-0.39, 0.29) is 66.1 Å². The van der Waals surface area contributed by atoms with Gasteiger partial charge in [-0.25, -0.2) is 4.79 Å². The lowest BCUT2D eigenvalue weighted by Gasteiger charge is -2.42. The van der Waals surface area contributed by atoms with Crippen LogP contribution in [0.2, 0.25) is 18.1 Å². The van der Waals surface area contributed by atoms with Gasteiger partial charge in [-0.3, -0.25) is 9.59 Å². The second kappa shape index (κ2) is 22.7. The molecule has 11 atom stereocenters. The normalized spacial score (nSPS) is 29.6. The average molecular weight is 809 g/mol. The molecule has 2 aliphatic heterocycles. The highest BCUT2D eigenvalue weighted by Crippen LogP contribution is 2.40. The van der Waals surface area contributed by atoms with E-state index < -0.39 is 44.5 Å². The molecule has 56 heavy (non-hydrogen) atoms. The van der Waals surface area contributed by atoms with Crippen LogP contribution in [0, 0.1) is 17.8 Å². The van der Waals surface area contributed by atoms with Crippen molar-refractivity contribution in [3.63, 3.8) is 0 Å². The van der Waals surface area contributed by atoms with Crippen molar-refractivity contribution < 1.29 is 52.0 Å². The quantitative estimate of drug-likeness (QED) is 0.0236. The maximum Gasteiger partial charge on any atom is 0.332 e. The summed E-state index contributed by atoms with van der Waals surface area (Å²) in [5.41, 5.74) is -0.0961. The first-order chi connectivity index (χ1) is 26.1. The van der Waals surface area contributed by atoms with Gasteiger partial charge in [-0.15, -0.1) is 0 Å². The number of epoxide rings is 1.